The van der Waals surface area contributed by atoms with E-state index in [1.165, 1.54) is 29.5 Å². The number of carbonyl (C=O) groups is 1. The van der Waals surface area contributed by atoms with E-state index in [1.807, 2.05) is 0 Å². The summed E-state index contributed by atoms with van der Waals surface area (Å²) in [6.45, 7) is 4.38. The molecule has 1 aromatic rings. The molecule has 1 saturated heterocycles. The predicted molar refractivity (Wildman–Crippen MR) is 65.8 cm³/mol. The molecule has 1 aliphatic heterocycles. The van der Waals surface area contributed by atoms with Crippen molar-refractivity contribution < 1.29 is 4.79 Å². The second kappa shape index (κ2) is 5.26. The number of piperidine rings is 1. The van der Waals surface area contributed by atoms with E-state index in [0.29, 0.717) is 12.3 Å². The smallest absolute Gasteiger partial charge is 0.124 e. The van der Waals surface area contributed by atoms with Crippen LogP contribution in [0.4, 0.5) is 0 Å². The molecule has 2 rings (SSSR count). The fraction of sp³-hybridized carbons (Fsp3) is 0.500. The first-order valence-corrected chi connectivity index (χ1v) is 6.05. The molecule has 2 nitrogen and oxygen atoms in total. The van der Waals surface area contributed by atoms with Gasteiger partial charge in [0.25, 0.3) is 0 Å². The Morgan fingerprint density at radius 2 is 2.12 bits per heavy atom. The molecule has 0 spiro atoms. The van der Waals surface area contributed by atoms with Crippen molar-refractivity contribution in [3.05, 3.63) is 34.9 Å². The third-order valence-corrected chi connectivity index (χ3v) is 3.57. The molecule has 86 valence electrons. The Balaban J connectivity index is 2.25. The van der Waals surface area contributed by atoms with Crippen LogP contribution >= 0.6 is 0 Å². The van der Waals surface area contributed by atoms with E-state index in [-0.39, 0.29) is 0 Å². The van der Waals surface area contributed by atoms with Gasteiger partial charge in [-0.25, -0.2) is 0 Å². The Morgan fingerprint density at radius 3 is 2.81 bits per heavy atom. The average Bonchev–Trinajstić information content (AvgIpc) is 2.33. The Bertz CT molecular complexity index is 367. The summed E-state index contributed by atoms with van der Waals surface area (Å²) in [6.07, 6.45) is 3.97. The highest BCUT2D eigenvalue weighted by molar-refractivity contribution is 5.57. The molecule has 0 aliphatic carbocycles. The van der Waals surface area contributed by atoms with Crippen LogP contribution in [0.3, 0.4) is 0 Å². The SMILES string of the molecule is Cc1c(CC=O)cccc1C1CCNCC1. The first-order valence-electron chi connectivity index (χ1n) is 6.05. The molecular formula is C14H19NO. The minimum Gasteiger partial charge on any atom is -0.317 e. The van der Waals surface area contributed by atoms with Gasteiger partial charge in [-0.1, -0.05) is 18.2 Å². The maximum absolute atomic E-state index is 10.6. The van der Waals surface area contributed by atoms with Gasteiger partial charge in [0.2, 0.25) is 0 Å². The van der Waals surface area contributed by atoms with Gasteiger partial charge in [0.1, 0.15) is 6.29 Å². The van der Waals surface area contributed by atoms with Gasteiger partial charge in [0.15, 0.2) is 0 Å². The fourth-order valence-corrected chi connectivity index (χ4v) is 2.59. The summed E-state index contributed by atoms with van der Waals surface area (Å²) in [4.78, 5) is 10.6. The van der Waals surface area contributed by atoms with Crippen LogP contribution in [-0.2, 0) is 11.2 Å². The number of rotatable bonds is 3. The normalized spacial score (nSPS) is 17.3. The van der Waals surface area contributed by atoms with Crippen molar-refractivity contribution in [1.29, 1.82) is 0 Å². The Kier molecular flexibility index (Phi) is 3.73. The van der Waals surface area contributed by atoms with Crippen molar-refractivity contribution >= 4 is 6.29 Å². The van der Waals surface area contributed by atoms with Crippen molar-refractivity contribution in [2.75, 3.05) is 13.1 Å². The van der Waals surface area contributed by atoms with E-state index in [4.69, 9.17) is 0 Å². The molecular weight excluding hydrogens is 198 g/mol. The second-order valence-corrected chi connectivity index (χ2v) is 4.53. The van der Waals surface area contributed by atoms with Crippen LogP contribution in [-0.4, -0.2) is 19.4 Å². The quantitative estimate of drug-likeness (QED) is 0.786. The van der Waals surface area contributed by atoms with Gasteiger partial charge < -0.3 is 10.1 Å². The molecule has 0 unspecified atom stereocenters. The maximum Gasteiger partial charge on any atom is 0.124 e. The van der Waals surface area contributed by atoms with Gasteiger partial charge in [0, 0.05) is 6.42 Å². The molecule has 0 atom stereocenters. The highest BCUT2D eigenvalue weighted by atomic mass is 16.1. The zero-order chi connectivity index (χ0) is 11.4. The largest absolute Gasteiger partial charge is 0.317 e. The Labute approximate surface area is 97.1 Å². The van der Waals surface area contributed by atoms with Crippen molar-refractivity contribution in [1.82, 2.24) is 5.32 Å². The zero-order valence-corrected chi connectivity index (χ0v) is 9.83. The topological polar surface area (TPSA) is 29.1 Å². The van der Waals surface area contributed by atoms with Gasteiger partial charge in [-0.05, 0) is 55.5 Å². The number of hydrogen-bond acceptors (Lipinski definition) is 2. The van der Waals surface area contributed by atoms with Crippen LogP contribution < -0.4 is 5.32 Å². The molecule has 0 aromatic heterocycles. The molecule has 1 N–H and O–H groups in total. The van der Waals surface area contributed by atoms with E-state index in [2.05, 4.69) is 30.4 Å². The Hall–Kier alpha value is -1.15. The number of nitrogens with one attached hydrogen (secondary N) is 1. The predicted octanol–water partition coefficient (Wildman–Crippen LogP) is 2.20. The lowest BCUT2D eigenvalue weighted by molar-refractivity contribution is -0.107. The van der Waals surface area contributed by atoms with E-state index < -0.39 is 0 Å². The molecule has 1 fully saturated rings. The lowest BCUT2D eigenvalue weighted by Crippen LogP contribution is -2.27. The molecule has 2 heteroatoms. The van der Waals surface area contributed by atoms with Gasteiger partial charge in [-0.15, -0.1) is 0 Å². The molecule has 1 aromatic carbocycles. The fourth-order valence-electron chi connectivity index (χ4n) is 2.59. The average molecular weight is 217 g/mol. The second-order valence-electron chi connectivity index (χ2n) is 4.53. The van der Waals surface area contributed by atoms with Crippen LogP contribution in [0.2, 0.25) is 0 Å². The molecule has 0 bridgehead atoms. The summed E-state index contributed by atoms with van der Waals surface area (Å²) in [5.41, 5.74) is 3.95. The van der Waals surface area contributed by atoms with Crippen LogP contribution in [0.25, 0.3) is 0 Å². The number of benzene rings is 1. The van der Waals surface area contributed by atoms with Crippen LogP contribution in [0.1, 0.15) is 35.4 Å². The third kappa shape index (κ3) is 2.33. The number of carbonyl (C=O) groups excluding carboxylic acids is 1. The standard InChI is InChI=1S/C14H19NO/c1-11-12(7-10-16)3-2-4-14(11)13-5-8-15-9-6-13/h2-4,10,13,15H,5-9H2,1H3. The van der Waals surface area contributed by atoms with E-state index in [0.717, 1.165) is 19.4 Å². The van der Waals surface area contributed by atoms with Crippen LogP contribution in [0.15, 0.2) is 18.2 Å². The lowest BCUT2D eigenvalue weighted by atomic mass is 9.85. The molecule has 16 heavy (non-hydrogen) atoms. The summed E-state index contributed by atoms with van der Waals surface area (Å²) in [7, 11) is 0. The summed E-state index contributed by atoms with van der Waals surface area (Å²) >= 11 is 0. The first kappa shape index (κ1) is 11.3. The van der Waals surface area contributed by atoms with E-state index >= 15 is 0 Å². The van der Waals surface area contributed by atoms with Crippen molar-refractivity contribution in [3.8, 4) is 0 Å². The highest BCUT2D eigenvalue weighted by Gasteiger charge is 2.17. The maximum atomic E-state index is 10.6. The first-order chi connectivity index (χ1) is 7.83. The zero-order valence-electron chi connectivity index (χ0n) is 9.83. The van der Waals surface area contributed by atoms with Crippen molar-refractivity contribution in [2.45, 2.75) is 32.1 Å². The van der Waals surface area contributed by atoms with Gasteiger partial charge in [-0.2, -0.15) is 0 Å². The van der Waals surface area contributed by atoms with Gasteiger partial charge in [-0.3, -0.25) is 0 Å². The van der Waals surface area contributed by atoms with Crippen molar-refractivity contribution in [2.24, 2.45) is 0 Å². The van der Waals surface area contributed by atoms with Crippen LogP contribution in [0.5, 0.6) is 0 Å². The molecule has 0 amide bonds. The van der Waals surface area contributed by atoms with E-state index in [9.17, 15) is 4.79 Å². The van der Waals surface area contributed by atoms with Gasteiger partial charge >= 0.3 is 0 Å². The number of aldehydes is 1. The molecule has 1 aliphatic rings. The highest BCUT2D eigenvalue weighted by Crippen LogP contribution is 2.29. The summed E-state index contributed by atoms with van der Waals surface area (Å²) in [6, 6.07) is 6.37. The molecule has 0 radical (unpaired) electrons. The summed E-state index contributed by atoms with van der Waals surface area (Å²) in [5.74, 6) is 0.674. The molecule has 1 heterocycles. The minimum absolute atomic E-state index is 0.546. The monoisotopic (exact) mass is 217 g/mol. The van der Waals surface area contributed by atoms with Crippen molar-refractivity contribution in [3.63, 3.8) is 0 Å². The third-order valence-electron chi connectivity index (χ3n) is 3.57. The minimum atomic E-state index is 0.546. The lowest BCUT2D eigenvalue weighted by Gasteiger charge is -2.25. The summed E-state index contributed by atoms with van der Waals surface area (Å²) < 4.78 is 0. The van der Waals surface area contributed by atoms with Gasteiger partial charge in [0.05, 0.1) is 0 Å². The van der Waals surface area contributed by atoms with E-state index in [1.54, 1.807) is 0 Å². The Morgan fingerprint density at radius 1 is 1.38 bits per heavy atom. The number of hydrogen-bond donors (Lipinski definition) is 1. The van der Waals surface area contributed by atoms with Crippen LogP contribution in [0, 0.1) is 6.92 Å². The summed E-state index contributed by atoms with van der Waals surface area (Å²) in [5, 5.41) is 3.39. The molecule has 0 saturated carbocycles.